The molecule has 1 aromatic rings. The van der Waals surface area contributed by atoms with Crippen molar-refractivity contribution in [3.05, 3.63) is 17.7 Å². The van der Waals surface area contributed by atoms with Crippen LogP contribution in [0.15, 0.2) is 12.1 Å². The third kappa shape index (κ3) is 3.99. The minimum Gasteiger partial charge on any atom is -0.454 e. The predicted molar refractivity (Wildman–Crippen MR) is 83.8 cm³/mol. The molecule has 6 nitrogen and oxygen atoms in total. The van der Waals surface area contributed by atoms with E-state index in [0.717, 1.165) is 13.1 Å². The van der Waals surface area contributed by atoms with Gasteiger partial charge in [-0.15, -0.1) is 12.4 Å². The molecule has 24 heavy (non-hydrogen) atoms. The molecule has 0 radical (unpaired) electrons. The molecule has 1 unspecified atom stereocenters. The maximum absolute atomic E-state index is 12.6. The predicted octanol–water partition coefficient (Wildman–Crippen LogP) is 1.91. The standard InChI is InChI=1S/C15H18F2N2O4.ClH/c1-8(10-4-18-5-10)14(20)19-6-9-2-12-13(22-7-21-12)3-11(9)23-15(16)17;/h2-3,8,10,15,18H,4-7H2,1H3,(H,19,20);1H. The SMILES string of the molecule is CC(C(=O)NCc1cc2c(cc1OC(F)F)OCO2)C1CNC1.Cl. The van der Waals surface area contributed by atoms with Crippen molar-refractivity contribution in [1.82, 2.24) is 10.6 Å². The number of ether oxygens (including phenoxy) is 3. The maximum atomic E-state index is 12.6. The molecule has 2 N–H and O–H groups in total. The highest BCUT2D eigenvalue weighted by atomic mass is 35.5. The number of rotatable bonds is 6. The quantitative estimate of drug-likeness (QED) is 0.807. The van der Waals surface area contributed by atoms with Crippen LogP contribution in [0.3, 0.4) is 0 Å². The van der Waals surface area contributed by atoms with Crippen LogP contribution < -0.4 is 24.8 Å². The van der Waals surface area contributed by atoms with E-state index in [1.807, 2.05) is 6.92 Å². The van der Waals surface area contributed by atoms with Crippen LogP contribution in [0.5, 0.6) is 17.2 Å². The van der Waals surface area contributed by atoms with Crippen molar-refractivity contribution in [2.45, 2.75) is 20.1 Å². The molecular weight excluding hydrogens is 346 g/mol. The first-order chi connectivity index (χ1) is 11.0. The molecule has 1 amide bonds. The Hall–Kier alpha value is -1.80. The molecule has 1 fully saturated rings. The van der Waals surface area contributed by atoms with Crippen LogP contribution in [0.25, 0.3) is 0 Å². The van der Waals surface area contributed by atoms with E-state index >= 15 is 0 Å². The van der Waals surface area contributed by atoms with Gasteiger partial charge < -0.3 is 24.8 Å². The van der Waals surface area contributed by atoms with E-state index in [2.05, 4.69) is 15.4 Å². The summed E-state index contributed by atoms with van der Waals surface area (Å²) >= 11 is 0. The zero-order chi connectivity index (χ0) is 16.4. The molecule has 134 valence electrons. The van der Waals surface area contributed by atoms with Crippen molar-refractivity contribution >= 4 is 18.3 Å². The monoisotopic (exact) mass is 364 g/mol. The molecular formula is C15H19ClF2N2O4. The third-order valence-electron chi connectivity index (χ3n) is 4.16. The van der Waals surface area contributed by atoms with Gasteiger partial charge in [0.1, 0.15) is 5.75 Å². The lowest BCUT2D eigenvalue weighted by molar-refractivity contribution is -0.126. The van der Waals surface area contributed by atoms with Gasteiger partial charge >= 0.3 is 6.61 Å². The Balaban J connectivity index is 0.00000208. The number of carbonyl (C=O) groups excluding carboxylic acids is 1. The number of fused-ring (bicyclic) bond motifs is 1. The zero-order valence-electron chi connectivity index (χ0n) is 13.0. The van der Waals surface area contributed by atoms with Crippen LogP contribution in [0, 0.1) is 11.8 Å². The second-order valence-electron chi connectivity index (χ2n) is 5.62. The number of hydrogen-bond acceptors (Lipinski definition) is 5. The molecule has 0 bridgehead atoms. The number of benzene rings is 1. The number of alkyl halides is 2. The molecule has 1 atom stereocenters. The van der Waals surface area contributed by atoms with E-state index < -0.39 is 6.61 Å². The van der Waals surface area contributed by atoms with E-state index in [4.69, 9.17) is 9.47 Å². The first kappa shape index (κ1) is 18.5. The minimum absolute atomic E-state index is 0. The van der Waals surface area contributed by atoms with Crippen LogP contribution >= 0.6 is 12.4 Å². The van der Waals surface area contributed by atoms with Gasteiger partial charge in [0, 0.05) is 24.1 Å². The normalized spacial score (nSPS) is 17.0. The molecule has 1 aromatic carbocycles. The molecule has 0 saturated carbocycles. The van der Waals surface area contributed by atoms with Crippen LogP contribution in [-0.2, 0) is 11.3 Å². The van der Waals surface area contributed by atoms with E-state index in [-0.39, 0.29) is 43.3 Å². The first-order valence-corrected chi connectivity index (χ1v) is 7.40. The molecule has 2 aliphatic rings. The maximum Gasteiger partial charge on any atom is 0.387 e. The topological polar surface area (TPSA) is 68.8 Å². The van der Waals surface area contributed by atoms with Crippen molar-refractivity contribution in [3.63, 3.8) is 0 Å². The van der Waals surface area contributed by atoms with Gasteiger partial charge in [-0.25, -0.2) is 0 Å². The average molecular weight is 365 g/mol. The third-order valence-corrected chi connectivity index (χ3v) is 4.16. The fourth-order valence-electron chi connectivity index (χ4n) is 2.53. The van der Waals surface area contributed by atoms with E-state index in [1.54, 1.807) is 6.07 Å². The second kappa shape index (κ2) is 7.85. The molecule has 3 rings (SSSR count). The number of halogens is 3. The van der Waals surface area contributed by atoms with E-state index in [0.29, 0.717) is 23.0 Å². The van der Waals surface area contributed by atoms with Crippen molar-refractivity contribution in [1.29, 1.82) is 0 Å². The molecule has 0 aromatic heterocycles. The van der Waals surface area contributed by atoms with E-state index in [1.165, 1.54) is 6.07 Å². The molecule has 2 aliphatic heterocycles. The van der Waals surface area contributed by atoms with Crippen molar-refractivity contribution in [2.24, 2.45) is 11.8 Å². The van der Waals surface area contributed by atoms with Crippen LogP contribution in [0.1, 0.15) is 12.5 Å². The highest BCUT2D eigenvalue weighted by Gasteiger charge is 2.29. The van der Waals surface area contributed by atoms with E-state index in [9.17, 15) is 13.6 Å². The van der Waals surface area contributed by atoms with Gasteiger partial charge in [-0.1, -0.05) is 6.92 Å². The average Bonchev–Trinajstić information content (AvgIpc) is 2.88. The lowest BCUT2D eigenvalue weighted by Crippen LogP contribution is -2.49. The first-order valence-electron chi connectivity index (χ1n) is 7.40. The van der Waals surface area contributed by atoms with Crippen LogP contribution in [0.2, 0.25) is 0 Å². The Morgan fingerprint density at radius 2 is 2.04 bits per heavy atom. The van der Waals surface area contributed by atoms with Gasteiger partial charge in [-0.2, -0.15) is 8.78 Å². The summed E-state index contributed by atoms with van der Waals surface area (Å²) in [6.45, 7) is 0.658. The fourth-order valence-corrected chi connectivity index (χ4v) is 2.53. The summed E-state index contributed by atoms with van der Waals surface area (Å²) in [5.41, 5.74) is 0.418. The lowest BCUT2D eigenvalue weighted by Gasteiger charge is -2.31. The molecule has 1 saturated heterocycles. The smallest absolute Gasteiger partial charge is 0.387 e. The molecule has 9 heteroatoms. The highest BCUT2D eigenvalue weighted by molar-refractivity contribution is 5.85. The van der Waals surface area contributed by atoms with Crippen LogP contribution in [-0.4, -0.2) is 32.4 Å². The van der Waals surface area contributed by atoms with Gasteiger partial charge in [0.15, 0.2) is 11.5 Å². The van der Waals surface area contributed by atoms with Gasteiger partial charge in [-0.3, -0.25) is 4.79 Å². The second-order valence-corrected chi connectivity index (χ2v) is 5.62. The highest BCUT2D eigenvalue weighted by Crippen LogP contribution is 2.38. The number of amides is 1. The Bertz CT molecular complexity index is 599. The molecule has 2 heterocycles. The Morgan fingerprint density at radius 3 is 2.62 bits per heavy atom. The summed E-state index contributed by atoms with van der Waals surface area (Å²) in [6.07, 6.45) is 0. The summed E-state index contributed by atoms with van der Waals surface area (Å²) in [6, 6.07) is 2.91. The zero-order valence-corrected chi connectivity index (χ0v) is 13.8. The van der Waals surface area contributed by atoms with Gasteiger partial charge in [0.05, 0.1) is 0 Å². The number of carbonyl (C=O) groups is 1. The van der Waals surface area contributed by atoms with Crippen molar-refractivity contribution < 1.29 is 27.8 Å². The Labute approximate surface area is 144 Å². The fraction of sp³-hybridized carbons (Fsp3) is 0.533. The number of nitrogens with one attached hydrogen (secondary N) is 2. The van der Waals surface area contributed by atoms with Crippen molar-refractivity contribution in [3.8, 4) is 17.2 Å². The Kier molecular flexibility index (Phi) is 6.06. The Morgan fingerprint density at radius 1 is 1.38 bits per heavy atom. The molecule has 0 aliphatic carbocycles. The van der Waals surface area contributed by atoms with Gasteiger partial charge in [0.25, 0.3) is 0 Å². The largest absolute Gasteiger partial charge is 0.454 e. The van der Waals surface area contributed by atoms with Crippen molar-refractivity contribution in [2.75, 3.05) is 19.9 Å². The summed E-state index contributed by atoms with van der Waals surface area (Å²) in [5.74, 6) is 0.838. The molecule has 0 spiro atoms. The minimum atomic E-state index is -2.95. The summed E-state index contributed by atoms with van der Waals surface area (Å²) in [7, 11) is 0. The summed E-state index contributed by atoms with van der Waals surface area (Å²) in [5, 5.41) is 5.88. The summed E-state index contributed by atoms with van der Waals surface area (Å²) in [4.78, 5) is 12.1. The lowest BCUT2D eigenvalue weighted by atomic mass is 9.88. The number of hydrogen-bond donors (Lipinski definition) is 2. The van der Waals surface area contributed by atoms with Gasteiger partial charge in [-0.05, 0) is 25.1 Å². The summed E-state index contributed by atoms with van der Waals surface area (Å²) < 4.78 is 40.0. The van der Waals surface area contributed by atoms with Crippen LogP contribution in [0.4, 0.5) is 8.78 Å². The van der Waals surface area contributed by atoms with Gasteiger partial charge in [0.2, 0.25) is 12.7 Å².